The zero-order chi connectivity index (χ0) is 14.8. The average Bonchev–Trinajstić information content (AvgIpc) is 3.08. The SMILES string of the molecule is Cc1ccc(N(C)Cc2noc(-c3ccsc3)n2)c(C)c1. The summed E-state index contributed by atoms with van der Waals surface area (Å²) in [5.41, 5.74) is 4.68. The van der Waals surface area contributed by atoms with E-state index in [-0.39, 0.29) is 0 Å². The molecule has 108 valence electrons. The van der Waals surface area contributed by atoms with E-state index in [0.717, 1.165) is 5.56 Å². The third kappa shape index (κ3) is 2.97. The van der Waals surface area contributed by atoms with Crippen LogP contribution < -0.4 is 4.90 Å². The van der Waals surface area contributed by atoms with Crippen molar-refractivity contribution in [2.24, 2.45) is 0 Å². The molecule has 3 aromatic rings. The van der Waals surface area contributed by atoms with Gasteiger partial charge in [0.15, 0.2) is 5.82 Å². The van der Waals surface area contributed by atoms with Gasteiger partial charge in [0.1, 0.15) is 0 Å². The van der Waals surface area contributed by atoms with Crippen LogP contribution >= 0.6 is 11.3 Å². The van der Waals surface area contributed by atoms with Crippen LogP contribution in [0, 0.1) is 13.8 Å². The van der Waals surface area contributed by atoms with Gasteiger partial charge in [0.25, 0.3) is 5.89 Å². The molecule has 0 spiro atoms. The number of hydrogen-bond acceptors (Lipinski definition) is 5. The number of hydrogen-bond donors (Lipinski definition) is 0. The van der Waals surface area contributed by atoms with Gasteiger partial charge in [-0.15, -0.1) is 0 Å². The Bertz CT molecular complexity index is 734. The topological polar surface area (TPSA) is 42.2 Å². The van der Waals surface area contributed by atoms with E-state index in [1.165, 1.54) is 16.8 Å². The summed E-state index contributed by atoms with van der Waals surface area (Å²) in [6.07, 6.45) is 0. The van der Waals surface area contributed by atoms with Gasteiger partial charge in [0.2, 0.25) is 0 Å². The van der Waals surface area contributed by atoms with Crippen LogP contribution in [0.3, 0.4) is 0 Å². The van der Waals surface area contributed by atoms with Crippen molar-refractivity contribution in [3.63, 3.8) is 0 Å². The fraction of sp³-hybridized carbons (Fsp3) is 0.250. The van der Waals surface area contributed by atoms with Crippen molar-refractivity contribution in [3.8, 4) is 11.5 Å². The molecule has 0 fully saturated rings. The van der Waals surface area contributed by atoms with Crippen molar-refractivity contribution in [2.75, 3.05) is 11.9 Å². The van der Waals surface area contributed by atoms with E-state index in [4.69, 9.17) is 4.52 Å². The number of benzene rings is 1. The lowest BCUT2D eigenvalue weighted by Gasteiger charge is -2.19. The third-order valence-electron chi connectivity index (χ3n) is 3.38. The van der Waals surface area contributed by atoms with Crippen molar-refractivity contribution in [2.45, 2.75) is 20.4 Å². The summed E-state index contributed by atoms with van der Waals surface area (Å²) in [6, 6.07) is 8.41. The fourth-order valence-corrected chi connectivity index (χ4v) is 2.98. The molecule has 2 heterocycles. The van der Waals surface area contributed by atoms with Crippen molar-refractivity contribution >= 4 is 17.0 Å². The van der Waals surface area contributed by atoms with E-state index in [9.17, 15) is 0 Å². The zero-order valence-corrected chi connectivity index (χ0v) is 13.1. The van der Waals surface area contributed by atoms with Gasteiger partial charge in [0.05, 0.1) is 12.1 Å². The van der Waals surface area contributed by atoms with Crippen molar-refractivity contribution in [1.29, 1.82) is 0 Å². The molecule has 0 saturated heterocycles. The molecule has 0 saturated carbocycles. The molecule has 4 nitrogen and oxygen atoms in total. The minimum absolute atomic E-state index is 0.584. The van der Waals surface area contributed by atoms with Crippen LogP contribution in [-0.4, -0.2) is 17.2 Å². The lowest BCUT2D eigenvalue weighted by molar-refractivity contribution is 0.422. The van der Waals surface area contributed by atoms with E-state index in [0.29, 0.717) is 18.3 Å². The maximum absolute atomic E-state index is 5.31. The normalized spacial score (nSPS) is 10.8. The molecule has 3 rings (SSSR count). The van der Waals surface area contributed by atoms with Crippen molar-refractivity contribution in [1.82, 2.24) is 10.1 Å². The summed E-state index contributed by atoms with van der Waals surface area (Å²) in [4.78, 5) is 6.59. The van der Waals surface area contributed by atoms with E-state index < -0.39 is 0 Å². The van der Waals surface area contributed by atoms with Crippen LogP contribution in [0.25, 0.3) is 11.5 Å². The average molecular weight is 299 g/mol. The second kappa shape index (κ2) is 5.69. The molecular formula is C16H17N3OS. The summed E-state index contributed by atoms with van der Waals surface area (Å²) in [6.45, 7) is 4.84. The number of anilines is 1. The maximum atomic E-state index is 5.31. The Kier molecular flexibility index (Phi) is 3.75. The number of aryl methyl sites for hydroxylation is 2. The number of rotatable bonds is 4. The Morgan fingerprint density at radius 3 is 2.81 bits per heavy atom. The second-order valence-electron chi connectivity index (χ2n) is 5.17. The summed E-state index contributed by atoms with van der Waals surface area (Å²) in [7, 11) is 2.04. The Balaban J connectivity index is 1.77. The van der Waals surface area contributed by atoms with Crippen LogP contribution in [0.15, 0.2) is 39.5 Å². The molecule has 2 aromatic heterocycles. The molecule has 0 aliphatic rings. The minimum Gasteiger partial charge on any atom is -0.367 e. The highest BCUT2D eigenvalue weighted by Gasteiger charge is 2.12. The van der Waals surface area contributed by atoms with Gasteiger partial charge in [-0.3, -0.25) is 0 Å². The van der Waals surface area contributed by atoms with E-state index in [1.54, 1.807) is 11.3 Å². The van der Waals surface area contributed by atoms with Gasteiger partial charge in [-0.1, -0.05) is 22.9 Å². The predicted molar refractivity (Wildman–Crippen MR) is 85.6 cm³/mol. The molecule has 5 heteroatoms. The first kappa shape index (κ1) is 13.8. The van der Waals surface area contributed by atoms with E-state index >= 15 is 0 Å². The Hall–Kier alpha value is -2.14. The van der Waals surface area contributed by atoms with Crippen LogP contribution in [0.1, 0.15) is 17.0 Å². The van der Waals surface area contributed by atoms with Crippen molar-refractivity contribution in [3.05, 3.63) is 52.0 Å². The monoisotopic (exact) mass is 299 g/mol. The molecule has 0 amide bonds. The quantitative estimate of drug-likeness (QED) is 0.729. The number of thiophene rings is 1. The van der Waals surface area contributed by atoms with Crippen LogP contribution in [0.2, 0.25) is 0 Å². The molecule has 0 atom stereocenters. The van der Waals surface area contributed by atoms with Gasteiger partial charge in [-0.25, -0.2) is 0 Å². The number of nitrogens with zero attached hydrogens (tertiary/aromatic N) is 3. The molecule has 0 unspecified atom stereocenters. The first-order valence-electron chi connectivity index (χ1n) is 6.77. The molecular weight excluding hydrogens is 282 g/mol. The van der Waals surface area contributed by atoms with Crippen molar-refractivity contribution < 1.29 is 4.52 Å². The lowest BCUT2D eigenvalue weighted by Crippen LogP contribution is -2.18. The first-order chi connectivity index (χ1) is 10.1. The van der Waals surface area contributed by atoms with Gasteiger partial charge in [-0.05, 0) is 36.9 Å². The summed E-state index contributed by atoms with van der Waals surface area (Å²) < 4.78 is 5.31. The van der Waals surface area contributed by atoms with E-state index in [1.807, 2.05) is 23.9 Å². The summed E-state index contributed by atoms with van der Waals surface area (Å²) in [5, 5.41) is 8.07. The molecule has 21 heavy (non-hydrogen) atoms. The molecule has 0 radical (unpaired) electrons. The third-order valence-corrected chi connectivity index (χ3v) is 4.06. The summed E-state index contributed by atoms with van der Waals surface area (Å²) >= 11 is 1.62. The molecule has 0 aliphatic carbocycles. The molecule has 0 bridgehead atoms. The van der Waals surface area contributed by atoms with Gasteiger partial charge < -0.3 is 9.42 Å². The second-order valence-corrected chi connectivity index (χ2v) is 5.95. The molecule has 1 aromatic carbocycles. The zero-order valence-electron chi connectivity index (χ0n) is 12.3. The van der Waals surface area contributed by atoms with Crippen LogP contribution in [-0.2, 0) is 6.54 Å². The highest BCUT2D eigenvalue weighted by Crippen LogP contribution is 2.23. The lowest BCUT2D eigenvalue weighted by atomic mass is 10.1. The standard InChI is InChI=1S/C16H17N3OS/c1-11-4-5-14(12(2)8-11)19(3)9-15-17-16(20-18-15)13-6-7-21-10-13/h4-8,10H,9H2,1-3H3. The largest absolute Gasteiger partial charge is 0.367 e. The van der Waals surface area contributed by atoms with Crippen LogP contribution in [0.5, 0.6) is 0 Å². The fourth-order valence-electron chi connectivity index (χ4n) is 2.35. The van der Waals surface area contributed by atoms with E-state index in [2.05, 4.69) is 47.1 Å². The Labute approximate surface area is 128 Å². The van der Waals surface area contributed by atoms with Gasteiger partial charge >= 0.3 is 0 Å². The maximum Gasteiger partial charge on any atom is 0.258 e. The number of aromatic nitrogens is 2. The summed E-state index contributed by atoms with van der Waals surface area (Å²) in [5.74, 6) is 1.28. The highest BCUT2D eigenvalue weighted by atomic mass is 32.1. The predicted octanol–water partition coefficient (Wildman–Crippen LogP) is 4.05. The van der Waals surface area contributed by atoms with Gasteiger partial charge in [0, 0.05) is 18.1 Å². The van der Waals surface area contributed by atoms with Gasteiger partial charge in [-0.2, -0.15) is 16.3 Å². The molecule has 0 aliphatic heterocycles. The molecule has 0 N–H and O–H groups in total. The smallest absolute Gasteiger partial charge is 0.258 e. The Morgan fingerprint density at radius 2 is 2.10 bits per heavy atom. The van der Waals surface area contributed by atoms with Crippen LogP contribution in [0.4, 0.5) is 5.69 Å². The highest BCUT2D eigenvalue weighted by molar-refractivity contribution is 7.08. The Morgan fingerprint density at radius 1 is 1.24 bits per heavy atom. The first-order valence-corrected chi connectivity index (χ1v) is 7.71. The minimum atomic E-state index is 0.584.